The Balaban J connectivity index is 1.83. The molecule has 1 aromatic rings. The number of nitrogens with zero attached hydrogens (tertiary/aromatic N) is 2. The molecule has 1 heterocycles. The van der Waals surface area contributed by atoms with Gasteiger partial charge in [0.15, 0.2) is 5.96 Å². The number of anilines is 1. The highest BCUT2D eigenvalue weighted by Crippen LogP contribution is 2.22. The SMILES string of the molecule is CN=C(NCCSC)NC1CCN(c2ccc(Br)cc2)C1. The Kier molecular flexibility index (Phi) is 6.70. The molecule has 1 fully saturated rings. The van der Waals surface area contributed by atoms with Gasteiger partial charge in [0.1, 0.15) is 0 Å². The minimum absolute atomic E-state index is 0.453. The fraction of sp³-hybridized carbons (Fsp3) is 0.533. The van der Waals surface area contributed by atoms with E-state index in [2.05, 4.69) is 67.0 Å². The molecule has 2 N–H and O–H groups in total. The second-order valence-electron chi connectivity index (χ2n) is 5.04. The average molecular weight is 371 g/mol. The zero-order valence-corrected chi connectivity index (χ0v) is 15.0. The van der Waals surface area contributed by atoms with E-state index >= 15 is 0 Å². The maximum Gasteiger partial charge on any atom is 0.191 e. The van der Waals surface area contributed by atoms with Crippen molar-refractivity contribution in [3.63, 3.8) is 0 Å². The van der Waals surface area contributed by atoms with Gasteiger partial charge in [-0.05, 0) is 36.9 Å². The van der Waals surface area contributed by atoms with Crippen molar-refractivity contribution in [2.75, 3.05) is 43.6 Å². The number of thioether (sulfide) groups is 1. The molecule has 0 aromatic heterocycles. The number of benzene rings is 1. The molecule has 1 unspecified atom stereocenters. The first-order valence-corrected chi connectivity index (χ1v) is 9.38. The zero-order chi connectivity index (χ0) is 15.1. The van der Waals surface area contributed by atoms with Crippen molar-refractivity contribution >= 4 is 39.3 Å². The summed E-state index contributed by atoms with van der Waals surface area (Å²) in [5.41, 5.74) is 1.29. The molecule has 0 radical (unpaired) electrons. The van der Waals surface area contributed by atoms with Crippen molar-refractivity contribution in [2.24, 2.45) is 4.99 Å². The van der Waals surface area contributed by atoms with Gasteiger partial charge in [-0.3, -0.25) is 4.99 Å². The van der Waals surface area contributed by atoms with Crippen molar-refractivity contribution in [1.29, 1.82) is 0 Å². The molecule has 6 heteroatoms. The molecule has 0 bridgehead atoms. The predicted octanol–water partition coefficient (Wildman–Crippen LogP) is 2.56. The first-order chi connectivity index (χ1) is 10.2. The van der Waals surface area contributed by atoms with Crippen LogP contribution in [0.5, 0.6) is 0 Å². The minimum atomic E-state index is 0.453. The summed E-state index contributed by atoms with van der Waals surface area (Å²) in [6.45, 7) is 3.05. The fourth-order valence-electron chi connectivity index (χ4n) is 2.42. The van der Waals surface area contributed by atoms with Gasteiger partial charge in [-0.15, -0.1) is 0 Å². The van der Waals surface area contributed by atoms with Gasteiger partial charge in [-0.25, -0.2) is 0 Å². The van der Waals surface area contributed by atoms with Crippen LogP contribution in [0.2, 0.25) is 0 Å². The normalized spacial score (nSPS) is 18.9. The summed E-state index contributed by atoms with van der Waals surface area (Å²) >= 11 is 5.32. The predicted molar refractivity (Wildman–Crippen MR) is 97.6 cm³/mol. The van der Waals surface area contributed by atoms with Crippen LogP contribution in [0.25, 0.3) is 0 Å². The van der Waals surface area contributed by atoms with Gasteiger partial charge in [0.25, 0.3) is 0 Å². The van der Waals surface area contributed by atoms with Gasteiger partial charge < -0.3 is 15.5 Å². The highest BCUT2D eigenvalue weighted by atomic mass is 79.9. The molecular formula is C15H23BrN4S. The van der Waals surface area contributed by atoms with Crippen LogP contribution in [0.3, 0.4) is 0 Å². The van der Waals surface area contributed by atoms with Gasteiger partial charge >= 0.3 is 0 Å². The van der Waals surface area contributed by atoms with E-state index < -0.39 is 0 Å². The number of aliphatic imine (C=N–C) groups is 1. The van der Waals surface area contributed by atoms with E-state index in [0.29, 0.717) is 6.04 Å². The Morgan fingerprint density at radius 3 is 2.86 bits per heavy atom. The van der Waals surface area contributed by atoms with Crippen LogP contribution in [0, 0.1) is 0 Å². The lowest BCUT2D eigenvalue weighted by Gasteiger charge is -2.20. The van der Waals surface area contributed by atoms with Crippen LogP contribution in [-0.4, -0.2) is 50.7 Å². The molecule has 1 aliphatic rings. The molecule has 21 heavy (non-hydrogen) atoms. The summed E-state index contributed by atoms with van der Waals surface area (Å²) in [5.74, 6) is 2.00. The standard InChI is InChI=1S/C15H23BrN4S/c1-17-15(18-8-10-21-2)19-13-7-9-20(11-13)14-5-3-12(16)4-6-14/h3-6,13H,7-11H2,1-2H3,(H2,17,18,19). The molecule has 0 saturated carbocycles. The molecule has 1 aromatic carbocycles. The molecule has 116 valence electrons. The molecule has 4 nitrogen and oxygen atoms in total. The molecule has 0 amide bonds. The summed E-state index contributed by atoms with van der Waals surface area (Å²) in [4.78, 5) is 6.71. The summed E-state index contributed by atoms with van der Waals surface area (Å²) in [7, 11) is 1.83. The van der Waals surface area contributed by atoms with Crippen LogP contribution >= 0.6 is 27.7 Å². The molecule has 1 saturated heterocycles. The van der Waals surface area contributed by atoms with Crippen LogP contribution < -0.4 is 15.5 Å². The number of hydrogen-bond acceptors (Lipinski definition) is 3. The van der Waals surface area contributed by atoms with Gasteiger partial charge in [0, 0.05) is 48.6 Å². The van der Waals surface area contributed by atoms with E-state index in [4.69, 9.17) is 0 Å². The van der Waals surface area contributed by atoms with Crippen molar-refractivity contribution in [3.8, 4) is 0 Å². The Bertz CT molecular complexity index is 463. The quantitative estimate of drug-likeness (QED) is 0.474. The van der Waals surface area contributed by atoms with Crippen LogP contribution in [0.4, 0.5) is 5.69 Å². The first kappa shape index (κ1) is 16.5. The van der Waals surface area contributed by atoms with E-state index in [1.807, 2.05) is 18.8 Å². The maximum absolute atomic E-state index is 4.29. The summed E-state index contributed by atoms with van der Waals surface area (Å²) in [6.07, 6.45) is 3.25. The topological polar surface area (TPSA) is 39.7 Å². The van der Waals surface area contributed by atoms with E-state index in [-0.39, 0.29) is 0 Å². The smallest absolute Gasteiger partial charge is 0.191 e. The van der Waals surface area contributed by atoms with Crippen molar-refractivity contribution in [2.45, 2.75) is 12.5 Å². The lowest BCUT2D eigenvalue weighted by atomic mass is 10.3. The van der Waals surface area contributed by atoms with Crippen molar-refractivity contribution in [1.82, 2.24) is 10.6 Å². The molecule has 0 aliphatic carbocycles. The number of halogens is 1. The fourth-order valence-corrected chi connectivity index (χ4v) is 2.99. The van der Waals surface area contributed by atoms with Crippen molar-refractivity contribution < 1.29 is 0 Å². The number of guanidine groups is 1. The highest BCUT2D eigenvalue weighted by Gasteiger charge is 2.23. The molecule has 1 atom stereocenters. The summed E-state index contributed by atoms with van der Waals surface area (Å²) in [6, 6.07) is 8.97. The summed E-state index contributed by atoms with van der Waals surface area (Å²) in [5, 5.41) is 6.87. The third-order valence-electron chi connectivity index (χ3n) is 3.54. The Labute approximate surface area is 139 Å². The lowest BCUT2D eigenvalue weighted by Crippen LogP contribution is -2.45. The van der Waals surface area contributed by atoms with Gasteiger partial charge in [0.2, 0.25) is 0 Å². The van der Waals surface area contributed by atoms with E-state index in [1.54, 1.807) is 0 Å². The van der Waals surface area contributed by atoms with Crippen LogP contribution in [-0.2, 0) is 0 Å². The Hall–Kier alpha value is -0.880. The number of nitrogens with one attached hydrogen (secondary N) is 2. The van der Waals surface area contributed by atoms with E-state index in [1.165, 1.54) is 5.69 Å². The monoisotopic (exact) mass is 370 g/mol. The maximum atomic E-state index is 4.29. The van der Waals surface area contributed by atoms with Gasteiger partial charge in [-0.2, -0.15) is 11.8 Å². The number of hydrogen-bond donors (Lipinski definition) is 2. The second kappa shape index (κ2) is 8.54. The molecule has 2 rings (SSSR count). The molecule has 0 spiro atoms. The Morgan fingerprint density at radius 1 is 1.43 bits per heavy atom. The zero-order valence-electron chi connectivity index (χ0n) is 12.6. The van der Waals surface area contributed by atoms with Gasteiger partial charge in [0.05, 0.1) is 0 Å². The van der Waals surface area contributed by atoms with E-state index in [0.717, 1.165) is 42.2 Å². The van der Waals surface area contributed by atoms with E-state index in [9.17, 15) is 0 Å². The second-order valence-corrected chi connectivity index (χ2v) is 6.95. The minimum Gasteiger partial charge on any atom is -0.369 e. The highest BCUT2D eigenvalue weighted by molar-refractivity contribution is 9.10. The summed E-state index contributed by atoms with van der Waals surface area (Å²) < 4.78 is 1.12. The molecule has 1 aliphatic heterocycles. The largest absolute Gasteiger partial charge is 0.369 e. The van der Waals surface area contributed by atoms with Gasteiger partial charge in [-0.1, -0.05) is 15.9 Å². The lowest BCUT2D eigenvalue weighted by molar-refractivity contribution is 0.652. The third-order valence-corrected chi connectivity index (χ3v) is 4.68. The first-order valence-electron chi connectivity index (χ1n) is 7.19. The molecular weight excluding hydrogens is 348 g/mol. The average Bonchev–Trinajstić information content (AvgIpc) is 2.95. The van der Waals surface area contributed by atoms with Crippen LogP contribution in [0.1, 0.15) is 6.42 Å². The van der Waals surface area contributed by atoms with Crippen molar-refractivity contribution in [3.05, 3.63) is 28.7 Å². The number of rotatable bonds is 5. The third kappa shape index (κ3) is 5.11. The Morgan fingerprint density at radius 2 is 2.19 bits per heavy atom. The van der Waals surface area contributed by atoms with Crippen LogP contribution in [0.15, 0.2) is 33.7 Å².